The van der Waals surface area contributed by atoms with Gasteiger partial charge in [-0.05, 0) is 13.0 Å². The van der Waals surface area contributed by atoms with Crippen LogP contribution in [0.25, 0.3) is 0 Å². The van der Waals surface area contributed by atoms with Crippen LogP contribution in [0.1, 0.15) is 23.1 Å². The third-order valence-corrected chi connectivity index (χ3v) is 2.99. The van der Waals surface area contributed by atoms with Gasteiger partial charge in [0.05, 0.1) is 18.8 Å². The number of rotatable bonds is 6. The summed E-state index contributed by atoms with van der Waals surface area (Å²) in [7, 11) is 0. The molecule has 0 aliphatic heterocycles. The first-order valence-corrected chi connectivity index (χ1v) is 6.40. The molecule has 7 heteroatoms. The van der Waals surface area contributed by atoms with Crippen molar-refractivity contribution in [3.8, 4) is 0 Å². The first-order chi connectivity index (χ1) is 9.65. The lowest BCUT2D eigenvalue weighted by molar-refractivity contribution is 0.0697. The molecule has 0 aliphatic carbocycles. The van der Waals surface area contributed by atoms with Gasteiger partial charge in [0, 0.05) is 31.5 Å². The number of aromatic amines is 1. The number of amides is 1. The van der Waals surface area contributed by atoms with Crippen molar-refractivity contribution in [1.82, 2.24) is 19.7 Å². The summed E-state index contributed by atoms with van der Waals surface area (Å²) in [6.07, 6.45) is 2.79. The highest BCUT2D eigenvalue weighted by Gasteiger charge is 2.19. The van der Waals surface area contributed by atoms with Crippen molar-refractivity contribution in [3.63, 3.8) is 0 Å². The number of aromatic nitrogens is 3. The van der Waals surface area contributed by atoms with E-state index in [1.54, 1.807) is 10.9 Å². The Kier molecular flexibility index (Phi) is 4.52. The lowest BCUT2D eigenvalue weighted by Crippen LogP contribution is -2.34. The zero-order valence-electron chi connectivity index (χ0n) is 11.2. The fourth-order valence-corrected chi connectivity index (χ4v) is 2.01. The Hall–Kier alpha value is -2.15. The maximum absolute atomic E-state index is 13.0. The van der Waals surface area contributed by atoms with Gasteiger partial charge in [-0.25, -0.2) is 4.39 Å². The van der Waals surface area contributed by atoms with Crippen LogP contribution < -0.4 is 0 Å². The maximum Gasteiger partial charge on any atom is 0.270 e. The predicted octanol–water partition coefficient (Wildman–Crippen LogP) is 1.00. The topological polar surface area (TPSA) is 74.2 Å². The lowest BCUT2D eigenvalue weighted by atomic mass is 10.3. The van der Waals surface area contributed by atoms with E-state index < -0.39 is 5.82 Å². The van der Waals surface area contributed by atoms with Gasteiger partial charge in [0.2, 0.25) is 0 Å². The van der Waals surface area contributed by atoms with E-state index in [0.717, 1.165) is 18.0 Å². The molecule has 2 aromatic heterocycles. The van der Waals surface area contributed by atoms with E-state index in [2.05, 4.69) is 10.1 Å². The molecule has 0 bridgehead atoms. The zero-order chi connectivity index (χ0) is 14.5. The minimum Gasteiger partial charge on any atom is -0.395 e. The number of nitrogens with zero attached hydrogens (tertiary/aromatic N) is 3. The molecule has 0 fully saturated rings. The standard InChI is InChI=1S/C13H17FN4O2/c1-2-18-11(3-4-16-18)9-17(5-6-19)13(20)12-7-10(14)8-15-12/h3-4,7-8,15,19H,2,5-6,9H2,1H3. The molecular weight excluding hydrogens is 263 g/mol. The maximum atomic E-state index is 13.0. The average molecular weight is 280 g/mol. The Labute approximate surface area is 115 Å². The van der Waals surface area contributed by atoms with Gasteiger partial charge in [-0.3, -0.25) is 9.48 Å². The van der Waals surface area contributed by atoms with Gasteiger partial charge >= 0.3 is 0 Å². The number of aliphatic hydroxyl groups excluding tert-OH is 1. The van der Waals surface area contributed by atoms with E-state index in [9.17, 15) is 9.18 Å². The highest BCUT2D eigenvalue weighted by molar-refractivity contribution is 5.92. The SMILES string of the molecule is CCn1nccc1CN(CCO)C(=O)c1cc(F)c[nH]1. The number of carbonyl (C=O) groups excluding carboxylic acids is 1. The first kappa shape index (κ1) is 14.3. The van der Waals surface area contributed by atoms with Gasteiger partial charge < -0.3 is 15.0 Å². The first-order valence-electron chi connectivity index (χ1n) is 6.40. The largest absolute Gasteiger partial charge is 0.395 e. The summed E-state index contributed by atoms with van der Waals surface area (Å²) in [5, 5.41) is 13.2. The highest BCUT2D eigenvalue weighted by atomic mass is 19.1. The van der Waals surface area contributed by atoms with E-state index in [0.29, 0.717) is 13.1 Å². The number of aryl methyl sites for hydroxylation is 1. The van der Waals surface area contributed by atoms with Gasteiger partial charge in [-0.15, -0.1) is 0 Å². The number of nitrogens with one attached hydrogen (secondary N) is 1. The minimum atomic E-state index is -0.490. The molecule has 2 aromatic rings. The third kappa shape index (κ3) is 3.05. The number of hydrogen-bond donors (Lipinski definition) is 2. The van der Waals surface area contributed by atoms with Gasteiger partial charge in [0.15, 0.2) is 0 Å². The molecule has 2 rings (SSSR count). The van der Waals surface area contributed by atoms with Crippen molar-refractivity contribution in [2.24, 2.45) is 0 Å². The van der Waals surface area contributed by atoms with Crippen LogP contribution in [0.2, 0.25) is 0 Å². The van der Waals surface area contributed by atoms with Crippen LogP contribution in [-0.4, -0.2) is 43.8 Å². The summed E-state index contributed by atoms with van der Waals surface area (Å²) in [6, 6.07) is 2.96. The van der Waals surface area contributed by atoms with E-state index in [4.69, 9.17) is 5.11 Å². The summed E-state index contributed by atoms with van der Waals surface area (Å²) >= 11 is 0. The number of halogens is 1. The fraction of sp³-hybridized carbons (Fsp3) is 0.385. The molecule has 6 nitrogen and oxygen atoms in total. The van der Waals surface area contributed by atoms with Gasteiger partial charge in [0.1, 0.15) is 11.5 Å². The van der Waals surface area contributed by atoms with Crippen molar-refractivity contribution in [3.05, 3.63) is 41.7 Å². The van der Waals surface area contributed by atoms with Crippen LogP contribution in [0, 0.1) is 5.82 Å². The summed E-state index contributed by atoms with van der Waals surface area (Å²) in [5.41, 5.74) is 1.03. The van der Waals surface area contributed by atoms with Gasteiger partial charge in [-0.1, -0.05) is 0 Å². The van der Waals surface area contributed by atoms with Crippen molar-refractivity contribution >= 4 is 5.91 Å². The summed E-state index contributed by atoms with van der Waals surface area (Å²) in [6.45, 7) is 2.98. The Morgan fingerprint density at radius 1 is 1.60 bits per heavy atom. The Morgan fingerprint density at radius 3 is 3.00 bits per heavy atom. The summed E-state index contributed by atoms with van der Waals surface area (Å²) < 4.78 is 14.7. The summed E-state index contributed by atoms with van der Waals surface area (Å²) in [4.78, 5) is 16.3. The van der Waals surface area contributed by atoms with Crippen LogP contribution in [0.3, 0.4) is 0 Å². The summed E-state index contributed by atoms with van der Waals surface area (Å²) in [5.74, 6) is -0.845. The quantitative estimate of drug-likeness (QED) is 0.829. The van der Waals surface area contributed by atoms with E-state index in [1.165, 1.54) is 4.90 Å². The lowest BCUT2D eigenvalue weighted by Gasteiger charge is -2.21. The molecule has 0 unspecified atom stereocenters. The highest BCUT2D eigenvalue weighted by Crippen LogP contribution is 2.10. The van der Waals surface area contributed by atoms with Gasteiger partial charge in [-0.2, -0.15) is 5.10 Å². The van der Waals surface area contributed by atoms with Crippen LogP contribution in [0.15, 0.2) is 24.5 Å². The monoisotopic (exact) mass is 280 g/mol. The smallest absolute Gasteiger partial charge is 0.270 e. The van der Waals surface area contributed by atoms with E-state index in [-0.39, 0.29) is 24.8 Å². The molecule has 0 aliphatic rings. The molecule has 2 N–H and O–H groups in total. The number of aliphatic hydroxyl groups is 1. The normalized spacial score (nSPS) is 10.8. The Bertz CT molecular complexity index is 578. The second kappa shape index (κ2) is 6.33. The van der Waals surface area contributed by atoms with E-state index in [1.807, 2.05) is 13.0 Å². The molecule has 0 spiro atoms. The number of H-pyrrole nitrogens is 1. The zero-order valence-corrected chi connectivity index (χ0v) is 11.2. The minimum absolute atomic E-state index is 0.158. The van der Waals surface area contributed by atoms with Crippen LogP contribution in [-0.2, 0) is 13.1 Å². The molecule has 1 amide bonds. The van der Waals surface area contributed by atoms with Crippen LogP contribution in [0.5, 0.6) is 0 Å². The molecule has 0 radical (unpaired) electrons. The number of hydrogen-bond acceptors (Lipinski definition) is 3. The Balaban J connectivity index is 2.16. The average Bonchev–Trinajstić information content (AvgIpc) is 3.06. The molecule has 2 heterocycles. The predicted molar refractivity (Wildman–Crippen MR) is 70.5 cm³/mol. The molecule has 0 atom stereocenters. The number of carbonyl (C=O) groups is 1. The molecular formula is C13H17FN4O2. The van der Waals surface area contributed by atoms with Crippen LogP contribution >= 0.6 is 0 Å². The molecule has 108 valence electrons. The second-order valence-corrected chi connectivity index (χ2v) is 4.32. The third-order valence-electron chi connectivity index (χ3n) is 2.99. The van der Waals surface area contributed by atoms with Crippen molar-refractivity contribution in [1.29, 1.82) is 0 Å². The van der Waals surface area contributed by atoms with Crippen LogP contribution in [0.4, 0.5) is 4.39 Å². The van der Waals surface area contributed by atoms with Crippen molar-refractivity contribution < 1.29 is 14.3 Å². The van der Waals surface area contributed by atoms with E-state index >= 15 is 0 Å². The Morgan fingerprint density at radius 2 is 2.40 bits per heavy atom. The fourth-order valence-electron chi connectivity index (χ4n) is 2.01. The molecule has 0 aromatic carbocycles. The second-order valence-electron chi connectivity index (χ2n) is 4.32. The van der Waals surface area contributed by atoms with Crippen molar-refractivity contribution in [2.75, 3.05) is 13.2 Å². The molecule has 0 saturated carbocycles. The molecule has 20 heavy (non-hydrogen) atoms. The molecule has 0 saturated heterocycles. The van der Waals surface area contributed by atoms with Crippen molar-refractivity contribution in [2.45, 2.75) is 20.0 Å². The van der Waals surface area contributed by atoms with Gasteiger partial charge in [0.25, 0.3) is 5.91 Å².